The Kier molecular flexibility index (Phi) is 3.19. The summed E-state index contributed by atoms with van der Waals surface area (Å²) in [6, 6.07) is 0. The molecule has 74 valence electrons. The molecular formula is C10H12N2OS. The highest BCUT2D eigenvalue weighted by Crippen LogP contribution is 1.67. The zero-order chi connectivity index (χ0) is 10.7. The van der Waals surface area contributed by atoms with E-state index in [0.29, 0.717) is 15.4 Å². The first-order valence-electron chi connectivity index (χ1n) is 4.06. The lowest BCUT2D eigenvalue weighted by Crippen LogP contribution is -2.47. The molecule has 1 heterocycles. The second-order valence-corrected chi connectivity index (χ2v) is 3.66. The Bertz CT molecular complexity index is 578. The molecule has 0 aliphatic heterocycles. The number of nitrogens with zero attached hydrogens (tertiary/aromatic N) is 2. The normalized spacial score (nSPS) is 13.3. The Hall–Kier alpha value is -1.42. The summed E-state index contributed by atoms with van der Waals surface area (Å²) in [5, 5.41) is 1.24. The third-order valence-electron chi connectivity index (χ3n) is 1.88. The van der Waals surface area contributed by atoms with Gasteiger partial charge in [0.1, 0.15) is 0 Å². The van der Waals surface area contributed by atoms with Crippen LogP contribution in [-0.2, 0) is 7.05 Å². The van der Waals surface area contributed by atoms with Crippen molar-refractivity contribution < 1.29 is 0 Å². The maximum Gasteiger partial charge on any atom is 0.244 e. The zero-order valence-corrected chi connectivity index (χ0v) is 9.10. The third kappa shape index (κ3) is 1.75. The fourth-order valence-corrected chi connectivity index (χ4v) is 1.90. The first-order valence-corrected chi connectivity index (χ1v) is 4.88. The van der Waals surface area contributed by atoms with Gasteiger partial charge >= 0.3 is 0 Å². The van der Waals surface area contributed by atoms with Crippen molar-refractivity contribution in [2.24, 2.45) is 12.0 Å². The maximum atomic E-state index is 11.6. The molecule has 14 heavy (non-hydrogen) atoms. The van der Waals surface area contributed by atoms with Crippen LogP contribution in [0.25, 0.3) is 12.7 Å². The molecule has 1 aromatic rings. The van der Waals surface area contributed by atoms with Crippen LogP contribution in [0.5, 0.6) is 0 Å². The average Bonchev–Trinajstić information content (AvgIpc) is 2.18. The molecule has 0 spiro atoms. The molecule has 0 atom stereocenters. The predicted octanol–water partition coefficient (Wildman–Crippen LogP) is -0.646. The van der Waals surface area contributed by atoms with Crippen molar-refractivity contribution >= 4 is 24.0 Å². The lowest BCUT2D eigenvalue weighted by atomic mass is 10.4. The second-order valence-electron chi connectivity index (χ2n) is 2.72. The zero-order valence-electron chi connectivity index (χ0n) is 8.28. The molecule has 3 nitrogen and oxygen atoms in total. The molecule has 4 heteroatoms. The summed E-state index contributed by atoms with van der Waals surface area (Å²) in [5.41, 5.74) is 0. The van der Waals surface area contributed by atoms with Gasteiger partial charge in [-0.2, -0.15) is 0 Å². The van der Waals surface area contributed by atoms with Gasteiger partial charge in [-0.1, -0.05) is 30.6 Å². The van der Waals surface area contributed by atoms with E-state index in [1.807, 2.05) is 7.05 Å². The quantitative estimate of drug-likeness (QED) is 0.604. The minimum absolute atomic E-state index is 0.0337. The molecular weight excluding hydrogens is 196 g/mol. The summed E-state index contributed by atoms with van der Waals surface area (Å²) >= 11 is 1.11. The number of hydrogen-bond acceptors (Lipinski definition) is 3. The van der Waals surface area contributed by atoms with Gasteiger partial charge in [-0.15, -0.1) is 0 Å². The third-order valence-corrected chi connectivity index (χ3v) is 2.93. The largest absolute Gasteiger partial charge is 0.321 e. The molecule has 0 radical (unpaired) electrons. The number of hydrogen-bond donors (Lipinski definition) is 0. The van der Waals surface area contributed by atoms with Gasteiger partial charge in [0.25, 0.3) is 0 Å². The van der Waals surface area contributed by atoms with E-state index < -0.39 is 0 Å². The summed E-state index contributed by atoms with van der Waals surface area (Å²) in [4.78, 5) is 16.3. The van der Waals surface area contributed by atoms with Crippen LogP contribution in [0.1, 0.15) is 0 Å². The second kappa shape index (κ2) is 4.19. The summed E-state index contributed by atoms with van der Waals surface area (Å²) in [6.45, 7) is 7.40. The van der Waals surface area contributed by atoms with E-state index in [1.54, 1.807) is 23.8 Å². The van der Waals surface area contributed by atoms with Crippen molar-refractivity contribution in [1.29, 1.82) is 0 Å². The molecule has 0 aliphatic rings. The molecule has 0 saturated heterocycles. The molecule has 0 aromatic carbocycles. The molecule has 0 bridgehead atoms. The van der Waals surface area contributed by atoms with E-state index in [4.69, 9.17) is 0 Å². The molecule has 0 fully saturated rings. The van der Waals surface area contributed by atoms with Crippen LogP contribution in [0, 0.1) is 0 Å². The van der Waals surface area contributed by atoms with Gasteiger partial charge in [0, 0.05) is 19.4 Å². The lowest BCUT2D eigenvalue weighted by Gasteiger charge is -1.98. The van der Waals surface area contributed by atoms with Gasteiger partial charge in [0.2, 0.25) is 4.74 Å². The minimum atomic E-state index is -0.0337. The Balaban J connectivity index is 3.96. The Labute approximate surface area is 85.7 Å². The number of aromatic nitrogens is 1. The van der Waals surface area contributed by atoms with Crippen molar-refractivity contribution in [2.45, 2.75) is 0 Å². The van der Waals surface area contributed by atoms with E-state index in [2.05, 4.69) is 18.2 Å². The van der Waals surface area contributed by atoms with E-state index in [9.17, 15) is 4.79 Å². The molecule has 0 aliphatic carbocycles. The molecule has 0 unspecified atom stereocenters. The fourth-order valence-electron chi connectivity index (χ4n) is 1.10. The SMILES string of the molecule is C=C/C=c1/c(=O)s/c(=N/C)n(C)c1=C. The van der Waals surface area contributed by atoms with Gasteiger partial charge < -0.3 is 4.57 Å². The van der Waals surface area contributed by atoms with Crippen LogP contribution in [0.15, 0.2) is 22.4 Å². The summed E-state index contributed by atoms with van der Waals surface area (Å²) in [5.74, 6) is 0. The van der Waals surface area contributed by atoms with Gasteiger partial charge in [0.15, 0.2) is 4.80 Å². The highest BCUT2D eigenvalue weighted by atomic mass is 32.1. The average molecular weight is 208 g/mol. The van der Waals surface area contributed by atoms with E-state index in [1.165, 1.54) is 0 Å². The number of allylic oxidation sites excluding steroid dienone is 1. The van der Waals surface area contributed by atoms with Crippen LogP contribution in [0.4, 0.5) is 0 Å². The first kappa shape index (κ1) is 10.7. The van der Waals surface area contributed by atoms with Crippen molar-refractivity contribution in [3.63, 3.8) is 0 Å². The Morgan fingerprint density at radius 2 is 2.21 bits per heavy atom. The van der Waals surface area contributed by atoms with Crippen LogP contribution < -0.4 is 20.1 Å². The summed E-state index contributed by atoms with van der Waals surface area (Å²) in [6.07, 6.45) is 3.25. The van der Waals surface area contributed by atoms with Crippen LogP contribution >= 0.6 is 11.3 Å². The van der Waals surface area contributed by atoms with E-state index in [-0.39, 0.29) is 4.74 Å². The highest BCUT2D eigenvalue weighted by Gasteiger charge is 1.95. The predicted molar refractivity (Wildman–Crippen MR) is 60.5 cm³/mol. The van der Waals surface area contributed by atoms with E-state index in [0.717, 1.165) is 11.3 Å². The molecule has 1 rings (SSSR count). The first-order chi connectivity index (χ1) is 6.61. The molecule has 0 amide bonds. The van der Waals surface area contributed by atoms with Crippen molar-refractivity contribution in [2.75, 3.05) is 7.05 Å². The summed E-state index contributed by atoms with van der Waals surface area (Å²) in [7, 11) is 3.49. The highest BCUT2D eigenvalue weighted by molar-refractivity contribution is 7.06. The van der Waals surface area contributed by atoms with Crippen molar-refractivity contribution in [3.05, 3.63) is 37.6 Å². The van der Waals surface area contributed by atoms with Gasteiger partial charge in [-0.05, 0) is 6.08 Å². The smallest absolute Gasteiger partial charge is 0.244 e. The van der Waals surface area contributed by atoms with Crippen LogP contribution in [0.2, 0.25) is 0 Å². The van der Waals surface area contributed by atoms with Gasteiger partial charge in [-0.25, -0.2) is 0 Å². The van der Waals surface area contributed by atoms with E-state index >= 15 is 0 Å². The Morgan fingerprint density at radius 3 is 2.71 bits per heavy atom. The Morgan fingerprint density at radius 1 is 1.57 bits per heavy atom. The van der Waals surface area contributed by atoms with Crippen molar-refractivity contribution in [3.8, 4) is 0 Å². The maximum absolute atomic E-state index is 11.6. The lowest BCUT2D eigenvalue weighted by molar-refractivity contribution is 0.817. The minimum Gasteiger partial charge on any atom is -0.321 e. The molecule has 0 N–H and O–H groups in total. The monoisotopic (exact) mass is 208 g/mol. The standard InChI is InChI=1S/C10H12N2OS/c1-5-6-8-7(2)12(4)10(11-3)14-9(8)13/h5-6H,1-2H2,3-4H3/b8-6+,11-10+. The van der Waals surface area contributed by atoms with Gasteiger partial charge in [0.05, 0.1) is 5.22 Å². The van der Waals surface area contributed by atoms with Crippen LogP contribution in [0.3, 0.4) is 0 Å². The topological polar surface area (TPSA) is 34.4 Å². The molecule has 0 saturated carbocycles. The summed E-state index contributed by atoms with van der Waals surface area (Å²) < 4.78 is 1.76. The fraction of sp³-hybridized carbons (Fsp3) is 0.200. The number of rotatable bonds is 1. The van der Waals surface area contributed by atoms with Crippen molar-refractivity contribution in [1.82, 2.24) is 4.57 Å². The molecule has 1 aromatic heterocycles. The van der Waals surface area contributed by atoms with Crippen LogP contribution in [-0.4, -0.2) is 11.6 Å². The van der Waals surface area contributed by atoms with Gasteiger partial charge in [-0.3, -0.25) is 9.79 Å².